The quantitative estimate of drug-likeness (QED) is 0.723. The highest BCUT2D eigenvalue weighted by atomic mass is 32.2. The molecule has 0 heterocycles. The highest BCUT2D eigenvalue weighted by molar-refractivity contribution is 7.89. The van der Waals surface area contributed by atoms with Crippen molar-refractivity contribution in [2.24, 2.45) is 0 Å². The second-order valence-electron chi connectivity index (χ2n) is 4.46. The molecular weight excluding hydrogens is 299 g/mol. The highest BCUT2D eigenvalue weighted by Crippen LogP contribution is 2.15. The summed E-state index contributed by atoms with van der Waals surface area (Å²) in [6.45, 7) is 0.222. The third kappa shape index (κ3) is 5.41. The Kier molecular flexibility index (Phi) is 6.73. The first-order valence-electron chi connectivity index (χ1n) is 6.47. The molecule has 0 saturated heterocycles. The van der Waals surface area contributed by atoms with Gasteiger partial charge < -0.3 is 10.4 Å². The topological polar surface area (TPSA) is 86.7 Å². The van der Waals surface area contributed by atoms with Crippen molar-refractivity contribution in [2.45, 2.75) is 17.7 Å². The first kappa shape index (κ1) is 17.5. The van der Waals surface area contributed by atoms with E-state index in [-0.39, 0.29) is 36.9 Å². The van der Waals surface area contributed by atoms with Crippen molar-refractivity contribution in [3.8, 4) is 0 Å². The number of halogens is 1. The summed E-state index contributed by atoms with van der Waals surface area (Å²) in [6, 6.07) is 4.58. The average Bonchev–Trinajstić information content (AvgIpc) is 2.45. The van der Waals surface area contributed by atoms with Crippen LogP contribution in [0.5, 0.6) is 0 Å². The van der Waals surface area contributed by atoms with Crippen molar-refractivity contribution in [2.75, 3.05) is 26.7 Å². The van der Waals surface area contributed by atoms with Crippen molar-refractivity contribution in [3.05, 3.63) is 30.1 Å². The van der Waals surface area contributed by atoms with E-state index < -0.39 is 15.8 Å². The number of hydrogen-bond acceptors (Lipinski definition) is 4. The molecule has 0 atom stereocenters. The van der Waals surface area contributed by atoms with Gasteiger partial charge in [-0.2, -0.15) is 0 Å². The van der Waals surface area contributed by atoms with E-state index in [2.05, 4.69) is 5.32 Å². The first-order valence-corrected chi connectivity index (χ1v) is 7.91. The van der Waals surface area contributed by atoms with Crippen LogP contribution in [-0.2, 0) is 14.8 Å². The Labute approximate surface area is 123 Å². The maximum atomic E-state index is 12.8. The maximum Gasteiger partial charge on any atom is 0.242 e. The second-order valence-corrected chi connectivity index (χ2v) is 6.50. The first-order chi connectivity index (χ1) is 9.87. The van der Waals surface area contributed by atoms with Gasteiger partial charge in [0.2, 0.25) is 15.9 Å². The lowest BCUT2D eigenvalue weighted by Crippen LogP contribution is -2.30. The molecule has 21 heavy (non-hydrogen) atoms. The molecule has 8 heteroatoms. The Hall–Kier alpha value is -1.51. The number of amides is 1. The predicted molar refractivity (Wildman–Crippen MR) is 75.5 cm³/mol. The minimum atomic E-state index is -3.68. The Morgan fingerprint density at radius 2 is 1.95 bits per heavy atom. The number of carbonyl (C=O) groups excluding carboxylic acids is 1. The molecule has 0 fully saturated rings. The van der Waals surface area contributed by atoms with Crippen LogP contribution in [0.1, 0.15) is 12.8 Å². The van der Waals surface area contributed by atoms with Gasteiger partial charge >= 0.3 is 0 Å². The van der Waals surface area contributed by atoms with Gasteiger partial charge in [0.25, 0.3) is 0 Å². The Balaban J connectivity index is 2.52. The van der Waals surface area contributed by atoms with Crippen LogP contribution in [0.4, 0.5) is 4.39 Å². The molecule has 1 aromatic rings. The number of carbonyl (C=O) groups is 1. The van der Waals surface area contributed by atoms with Crippen molar-refractivity contribution in [1.82, 2.24) is 9.62 Å². The van der Waals surface area contributed by atoms with Gasteiger partial charge in [0, 0.05) is 26.6 Å². The molecule has 0 radical (unpaired) electrons. The highest BCUT2D eigenvalue weighted by Gasteiger charge is 2.20. The molecule has 0 aliphatic rings. The summed E-state index contributed by atoms with van der Waals surface area (Å²) < 4.78 is 38.2. The van der Waals surface area contributed by atoms with Crippen LogP contribution in [0.15, 0.2) is 29.2 Å². The van der Waals surface area contributed by atoms with E-state index >= 15 is 0 Å². The lowest BCUT2D eigenvalue weighted by molar-refractivity contribution is -0.121. The maximum absolute atomic E-state index is 12.8. The number of hydrogen-bond donors (Lipinski definition) is 2. The third-order valence-electron chi connectivity index (χ3n) is 2.83. The van der Waals surface area contributed by atoms with Crippen molar-refractivity contribution < 1.29 is 22.7 Å². The second kappa shape index (κ2) is 8.06. The number of benzene rings is 1. The zero-order valence-corrected chi connectivity index (χ0v) is 12.6. The minimum Gasteiger partial charge on any atom is -0.395 e. The van der Waals surface area contributed by atoms with E-state index in [0.29, 0.717) is 6.42 Å². The standard InChI is InChI=1S/C13H19FN2O4S/c1-16(9-2-3-13(18)15-8-10-17)21(19,20)12-6-4-11(14)5-7-12/h4-7,17H,2-3,8-10H2,1H3,(H,15,18). The molecule has 2 N–H and O–H groups in total. The average molecular weight is 318 g/mol. The summed E-state index contributed by atoms with van der Waals surface area (Å²) in [5.41, 5.74) is 0. The van der Waals surface area contributed by atoms with Crippen LogP contribution in [0.25, 0.3) is 0 Å². The molecular formula is C13H19FN2O4S. The fourth-order valence-electron chi connectivity index (χ4n) is 1.65. The van der Waals surface area contributed by atoms with E-state index in [4.69, 9.17) is 5.11 Å². The van der Waals surface area contributed by atoms with E-state index in [1.807, 2.05) is 0 Å². The Morgan fingerprint density at radius 1 is 1.33 bits per heavy atom. The zero-order valence-electron chi connectivity index (χ0n) is 11.8. The molecule has 0 unspecified atom stereocenters. The molecule has 0 aliphatic heterocycles. The fraction of sp³-hybridized carbons (Fsp3) is 0.462. The summed E-state index contributed by atoms with van der Waals surface area (Å²) in [7, 11) is -2.27. The van der Waals surface area contributed by atoms with Crippen LogP contribution in [0.2, 0.25) is 0 Å². The van der Waals surface area contributed by atoms with E-state index in [0.717, 1.165) is 16.4 Å². The number of nitrogens with one attached hydrogen (secondary N) is 1. The monoisotopic (exact) mass is 318 g/mol. The van der Waals surface area contributed by atoms with E-state index in [9.17, 15) is 17.6 Å². The van der Waals surface area contributed by atoms with Crippen molar-refractivity contribution >= 4 is 15.9 Å². The molecule has 1 rings (SSSR count). The summed E-state index contributed by atoms with van der Waals surface area (Å²) in [6.07, 6.45) is 0.525. The number of sulfonamides is 1. The predicted octanol–water partition coefficient (Wildman–Crippen LogP) is 0.335. The van der Waals surface area contributed by atoms with Crippen LogP contribution in [-0.4, -0.2) is 50.5 Å². The zero-order chi connectivity index (χ0) is 15.9. The van der Waals surface area contributed by atoms with Gasteiger partial charge in [0.05, 0.1) is 11.5 Å². The summed E-state index contributed by atoms with van der Waals surface area (Å²) in [5.74, 6) is -0.742. The van der Waals surface area contributed by atoms with Gasteiger partial charge in [0.15, 0.2) is 0 Å². The SMILES string of the molecule is CN(CCCC(=O)NCCO)S(=O)(=O)c1ccc(F)cc1. The van der Waals surface area contributed by atoms with Gasteiger partial charge in [-0.05, 0) is 30.7 Å². The van der Waals surface area contributed by atoms with Crippen LogP contribution in [0, 0.1) is 5.82 Å². The Bertz CT molecular complexity index is 560. The van der Waals surface area contributed by atoms with Crippen molar-refractivity contribution in [1.29, 1.82) is 0 Å². The molecule has 118 valence electrons. The molecule has 0 aliphatic carbocycles. The van der Waals surface area contributed by atoms with Gasteiger partial charge in [0.1, 0.15) is 5.82 Å². The van der Waals surface area contributed by atoms with Crippen LogP contribution >= 0.6 is 0 Å². The normalized spacial score (nSPS) is 11.6. The minimum absolute atomic E-state index is 0.0103. The fourth-order valence-corrected chi connectivity index (χ4v) is 2.86. The Morgan fingerprint density at radius 3 is 2.52 bits per heavy atom. The molecule has 1 aromatic carbocycles. The number of aliphatic hydroxyl groups is 1. The van der Waals surface area contributed by atoms with E-state index in [1.54, 1.807) is 0 Å². The lowest BCUT2D eigenvalue weighted by Gasteiger charge is -2.17. The molecule has 0 bridgehead atoms. The molecule has 0 saturated carbocycles. The third-order valence-corrected chi connectivity index (χ3v) is 4.70. The molecule has 0 aromatic heterocycles. The number of nitrogens with zero attached hydrogens (tertiary/aromatic N) is 1. The summed E-state index contributed by atoms with van der Waals surface area (Å²) in [4.78, 5) is 11.3. The van der Waals surface area contributed by atoms with Crippen LogP contribution in [0.3, 0.4) is 0 Å². The largest absolute Gasteiger partial charge is 0.395 e. The van der Waals surface area contributed by atoms with Gasteiger partial charge in [-0.3, -0.25) is 4.79 Å². The van der Waals surface area contributed by atoms with Gasteiger partial charge in [-0.1, -0.05) is 0 Å². The number of aliphatic hydroxyl groups excluding tert-OH is 1. The smallest absolute Gasteiger partial charge is 0.242 e. The number of rotatable bonds is 8. The molecule has 6 nitrogen and oxygen atoms in total. The van der Waals surface area contributed by atoms with Gasteiger partial charge in [-0.25, -0.2) is 17.1 Å². The van der Waals surface area contributed by atoms with Crippen LogP contribution < -0.4 is 5.32 Å². The summed E-state index contributed by atoms with van der Waals surface area (Å²) in [5, 5.41) is 11.0. The van der Waals surface area contributed by atoms with Crippen molar-refractivity contribution in [3.63, 3.8) is 0 Å². The lowest BCUT2D eigenvalue weighted by atomic mass is 10.3. The molecule has 0 spiro atoms. The van der Waals surface area contributed by atoms with Gasteiger partial charge in [-0.15, -0.1) is 0 Å². The molecule has 1 amide bonds. The van der Waals surface area contributed by atoms with E-state index in [1.165, 1.54) is 19.2 Å². The summed E-state index contributed by atoms with van der Waals surface area (Å²) >= 11 is 0.